The molecule has 8 nitrogen and oxygen atoms in total. The molecule has 1 unspecified atom stereocenters. The van der Waals surface area contributed by atoms with Crippen LogP contribution in [0.1, 0.15) is 25.5 Å². The molecule has 0 aliphatic heterocycles. The molecule has 9 heteroatoms. The van der Waals surface area contributed by atoms with Gasteiger partial charge in [-0.1, -0.05) is 41.9 Å². The number of anilines is 1. The van der Waals surface area contributed by atoms with Gasteiger partial charge in [0.15, 0.2) is 12.6 Å². The molecule has 0 saturated carbocycles. The van der Waals surface area contributed by atoms with Crippen LogP contribution in [0, 0.1) is 10.1 Å². The number of carbonyl (C=O) groups is 2. The number of benzene rings is 2. The van der Waals surface area contributed by atoms with Gasteiger partial charge in [-0.25, -0.2) is 0 Å². The van der Waals surface area contributed by atoms with Crippen LogP contribution in [0.5, 0.6) is 0 Å². The summed E-state index contributed by atoms with van der Waals surface area (Å²) in [6, 6.07) is 12.4. The van der Waals surface area contributed by atoms with Crippen molar-refractivity contribution in [2.75, 3.05) is 18.9 Å². The number of amides is 2. The molecular weight excluding hydrogens is 396 g/mol. The van der Waals surface area contributed by atoms with Crippen molar-refractivity contribution in [3.8, 4) is 0 Å². The Morgan fingerprint density at radius 3 is 2.41 bits per heavy atom. The summed E-state index contributed by atoms with van der Waals surface area (Å²) in [5.41, 5.74) is 0.688. The molecule has 29 heavy (non-hydrogen) atoms. The van der Waals surface area contributed by atoms with E-state index in [-0.39, 0.29) is 40.8 Å². The number of nitro groups is 1. The molecule has 0 spiro atoms. The summed E-state index contributed by atoms with van der Waals surface area (Å²) < 4.78 is 0. The van der Waals surface area contributed by atoms with E-state index >= 15 is 0 Å². The summed E-state index contributed by atoms with van der Waals surface area (Å²) in [7, 11) is 1.75. The predicted molar refractivity (Wildman–Crippen MR) is 111 cm³/mol. The molecule has 0 aliphatic rings. The van der Waals surface area contributed by atoms with Gasteiger partial charge in [0.1, 0.15) is 5.02 Å². The lowest BCUT2D eigenvalue weighted by molar-refractivity contribution is -0.894. The highest BCUT2D eigenvalue weighted by Crippen LogP contribution is 2.27. The fraction of sp³-hybridized carbons (Fsp3) is 0.300. The lowest BCUT2D eigenvalue weighted by Crippen LogP contribution is -3.11. The van der Waals surface area contributed by atoms with Crippen LogP contribution >= 0.6 is 11.6 Å². The van der Waals surface area contributed by atoms with Gasteiger partial charge in [-0.15, -0.1) is 0 Å². The molecule has 0 radical (unpaired) electrons. The summed E-state index contributed by atoms with van der Waals surface area (Å²) in [6.45, 7) is 3.82. The molecule has 154 valence electrons. The van der Waals surface area contributed by atoms with Crippen LogP contribution in [-0.4, -0.2) is 36.4 Å². The van der Waals surface area contributed by atoms with E-state index in [1.807, 2.05) is 32.0 Å². The maximum Gasteiger partial charge on any atom is 0.289 e. The number of nitrogens with zero attached hydrogens (tertiary/aromatic N) is 1. The predicted octanol–water partition coefficient (Wildman–Crippen LogP) is 1.97. The zero-order valence-electron chi connectivity index (χ0n) is 16.4. The molecular formula is C20H24ClN4O4+. The number of hydrogen-bond donors (Lipinski definition) is 3. The van der Waals surface area contributed by atoms with Crippen molar-refractivity contribution in [3.05, 3.63) is 69.2 Å². The Balaban J connectivity index is 2.27. The highest BCUT2D eigenvalue weighted by Gasteiger charge is 2.31. The van der Waals surface area contributed by atoms with Crippen LogP contribution in [0.4, 0.5) is 11.4 Å². The number of quaternary nitrogens is 1. The van der Waals surface area contributed by atoms with Gasteiger partial charge in [-0.3, -0.25) is 19.7 Å². The van der Waals surface area contributed by atoms with Gasteiger partial charge in [0.2, 0.25) is 0 Å². The van der Waals surface area contributed by atoms with Crippen molar-refractivity contribution in [2.24, 2.45) is 0 Å². The van der Waals surface area contributed by atoms with E-state index in [2.05, 4.69) is 10.6 Å². The maximum atomic E-state index is 13.1. The average molecular weight is 420 g/mol. The quantitative estimate of drug-likeness (QED) is 0.449. The van der Waals surface area contributed by atoms with Gasteiger partial charge in [-0.2, -0.15) is 0 Å². The SMILES string of the molecule is CC(C)NC(=O)C[NH+](C)[C@@H](C(=O)Nc1ccc(Cl)c([N+](=O)[O-])c1)c1ccccc1. The molecule has 0 fully saturated rings. The largest absolute Gasteiger partial charge is 0.349 e. The Bertz CT molecular complexity index is 889. The van der Waals surface area contributed by atoms with Crippen molar-refractivity contribution in [3.63, 3.8) is 0 Å². The first kappa shape index (κ1) is 22.3. The van der Waals surface area contributed by atoms with Gasteiger partial charge < -0.3 is 15.5 Å². The first-order valence-corrected chi connectivity index (χ1v) is 9.48. The Hall–Kier alpha value is -2.97. The Morgan fingerprint density at radius 1 is 1.17 bits per heavy atom. The van der Waals surface area contributed by atoms with E-state index < -0.39 is 11.0 Å². The Kier molecular flexibility index (Phi) is 7.69. The number of carbonyl (C=O) groups excluding carboxylic acids is 2. The maximum absolute atomic E-state index is 13.1. The summed E-state index contributed by atoms with van der Waals surface area (Å²) in [4.78, 5) is 36.4. The Morgan fingerprint density at radius 2 is 1.83 bits per heavy atom. The zero-order chi connectivity index (χ0) is 21.6. The Labute approximate surface area is 174 Å². The molecule has 2 aromatic carbocycles. The van der Waals surface area contributed by atoms with Crippen molar-refractivity contribution in [1.82, 2.24) is 5.32 Å². The smallest absolute Gasteiger partial charge is 0.289 e. The lowest BCUT2D eigenvalue weighted by Gasteiger charge is -2.24. The molecule has 2 amide bonds. The van der Waals surface area contributed by atoms with Crippen molar-refractivity contribution < 1.29 is 19.4 Å². The van der Waals surface area contributed by atoms with Crippen LogP contribution < -0.4 is 15.5 Å². The number of hydrogen-bond acceptors (Lipinski definition) is 4. The fourth-order valence-corrected chi connectivity index (χ4v) is 3.16. The number of rotatable bonds is 8. The van der Waals surface area contributed by atoms with E-state index in [0.29, 0.717) is 4.90 Å². The third kappa shape index (κ3) is 6.27. The van der Waals surface area contributed by atoms with Gasteiger partial charge in [-0.05, 0) is 26.0 Å². The van der Waals surface area contributed by atoms with Crippen LogP contribution in [-0.2, 0) is 9.59 Å². The van der Waals surface area contributed by atoms with E-state index in [1.165, 1.54) is 18.2 Å². The van der Waals surface area contributed by atoms with Crippen LogP contribution in [0.2, 0.25) is 5.02 Å². The van der Waals surface area contributed by atoms with Gasteiger partial charge in [0, 0.05) is 23.4 Å². The lowest BCUT2D eigenvalue weighted by atomic mass is 10.0. The van der Waals surface area contributed by atoms with E-state index in [1.54, 1.807) is 19.2 Å². The fourth-order valence-electron chi connectivity index (χ4n) is 2.98. The van der Waals surface area contributed by atoms with Crippen molar-refractivity contribution in [1.29, 1.82) is 0 Å². The number of nitrogens with one attached hydrogen (secondary N) is 3. The molecule has 3 N–H and O–H groups in total. The van der Waals surface area contributed by atoms with Gasteiger partial charge in [0.05, 0.1) is 12.0 Å². The molecule has 0 bridgehead atoms. The second kappa shape index (κ2) is 9.99. The standard InChI is InChI=1S/C20H23ClN4O4/c1-13(2)22-18(26)12-24(3)19(14-7-5-4-6-8-14)20(27)23-15-9-10-16(21)17(11-15)25(28)29/h4-11,13,19H,12H2,1-3H3,(H,22,26)(H,23,27)/p+1/t19-/m1/s1. The molecule has 2 aromatic rings. The van der Waals surface area contributed by atoms with Crippen molar-refractivity contribution >= 4 is 34.8 Å². The molecule has 0 aliphatic carbocycles. The highest BCUT2D eigenvalue weighted by molar-refractivity contribution is 6.32. The number of nitro benzene ring substituents is 1. The molecule has 0 aromatic heterocycles. The van der Waals surface area contributed by atoms with Crippen molar-refractivity contribution in [2.45, 2.75) is 25.9 Å². The second-order valence-electron chi connectivity index (χ2n) is 7.00. The summed E-state index contributed by atoms with van der Waals surface area (Å²) in [6.07, 6.45) is 0. The summed E-state index contributed by atoms with van der Waals surface area (Å²) in [5.74, 6) is -0.559. The van der Waals surface area contributed by atoms with E-state index in [4.69, 9.17) is 11.6 Å². The summed E-state index contributed by atoms with van der Waals surface area (Å²) >= 11 is 5.83. The minimum Gasteiger partial charge on any atom is -0.349 e. The molecule has 2 rings (SSSR count). The topological polar surface area (TPSA) is 106 Å². The molecule has 0 saturated heterocycles. The minimum atomic E-state index is -0.691. The second-order valence-corrected chi connectivity index (χ2v) is 7.41. The van der Waals surface area contributed by atoms with E-state index in [0.717, 1.165) is 5.56 Å². The normalized spacial score (nSPS) is 12.9. The first-order valence-electron chi connectivity index (χ1n) is 9.10. The average Bonchev–Trinajstić information content (AvgIpc) is 2.63. The third-order valence-corrected chi connectivity index (χ3v) is 4.51. The monoisotopic (exact) mass is 419 g/mol. The van der Waals surface area contributed by atoms with E-state index in [9.17, 15) is 19.7 Å². The zero-order valence-corrected chi connectivity index (χ0v) is 17.2. The van der Waals surface area contributed by atoms with Gasteiger partial charge >= 0.3 is 0 Å². The number of likely N-dealkylation sites (N-methyl/N-ethyl adjacent to an activating group) is 1. The number of halogens is 1. The van der Waals surface area contributed by atoms with Gasteiger partial charge in [0.25, 0.3) is 17.5 Å². The highest BCUT2D eigenvalue weighted by atomic mass is 35.5. The van der Waals surface area contributed by atoms with Crippen LogP contribution in [0.15, 0.2) is 48.5 Å². The first-order chi connectivity index (χ1) is 13.7. The van der Waals surface area contributed by atoms with Crippen LogP contribution in [0.25, 0.3) is 0 Å². The minimum absolute atomic E-state index is 0.00563. The molecule has 2 atom stereocenters. The third-order valence-electron chi connectivity index (χ3n) is 4.19. The molecule has 0 heterocycles. The summed E-state index contributed by atoms with van der Waals surface area (Å²) in [5, 5.41) is 16.6. The van der Waals surface area contributed by atoms with Crippen LogP contribution in [0.3, 0.4) is 0 Å².